The van der Waals surface area contributed by atoms with Crippen molar-refractivity contribution in [1.29, 1.82) is 0 Å². The van der Waals surface area contributed by atoms with Crippen molar-refractivity contribution in [2.24, 2.45) is 5.92 Å². The first kappa shape index (κ1) is 15.0. The van der Waals surface area contributed by atoms with Crippen LogP contribution in [0.5, 0.6) is 0 Å². The van der Waals surface area contributed by atoms with Gasteiger partial charge in [-0.15, -0.1) is 0 Å². The average Bonchev–Trinajstić information content (AvgIpc) is 2.39. The lowest BCUT2D eigenvalue weighted by atomic mass is 9.82. The first-order chi connectivity index (χ1) is 9.02. The van der Waals surface area contributed by atoms with E-state index in [0.717, 1.165) is 17.6 Å². The Morgan fingerprint density at radius 3 is 2.32 bits per heavy atom. The number of halogens is 1. The number of hydrogen-bond donors (Lipinski definition) is 1. The predicted octanol–water partition coefficient (Wildman–Crippen LogP) is 4.54. The van der Waals surface area contributed by atoms with E-state index in [1.807, 2.05) is 7.05 Å². The van der Waals surface area contributed by atoms with Gasteiger partial charge in [0.1, 0.15) is 11.6 Å². The molecule has 1 saturated carbocycles. The molecule has 1 heterocycles. The number of rotatable bonds is 3. The lowest BCUT2D eigenvalue weighted by Gasteiger charge is -2.26. The zero-order chi connectivity index (χ0) is 14.0. The van der Waals surface area contributed by atoms with Crippen LogP contribution >= 0.6 is 22.6 Å². The van der Waals surface area contributed by atoms with E-state index in [1.54, 1.807) is 0 Å². The number of nitrogens with zero attached hydrogens (tertiary/aromatic N) is 2. The first-order valence-electron chi connectivity index (χ1n) is 7.28. The number of nitrogens with one attached hydrogen (secondary N) is 1. The minimum absolute atomic E-state index is 0.447. The summed E-state index contributed by atoms with van der Waals surface area (Å²) in [5.41, 5.74) is 1.19. The van der Waals surface area contributed by atoms with Crippen molar-refractivity contribution in [1.82, 2.24) is 9.97 Å². The maximum atomic E-state index is 4.87. The molecule has 1 aromatic heterocycles. The highest BCUT2D eigenvalue weighted by molar-refractivity contribution is 14.1. The van der Waals surface area contributed by atoms with Crippen LogP contribution < -0.4 is 5.32 Å². The van der Waals surface area contributed by atoms with Crippen LogP contribution in [0.15, 0.2) is 0 Å². The van der Waals surface area contributed by atoms with Crippen molar-refractivity contribution in [2.75, 3.05) is 12.4 Å². The second kappa shape index (κ2) is 6.37. The van der Waals surface area contributed by atoms with E-state index in [1.165, 1.54) is 34.9 Å². The van der Waals surface area contributed by atoms with Crippen LogP contribution in [-0.4, -0.2) is 17.0 Å². The highest BCUT2D eigenvalue weighted by Gasteiger charge is 2.24. The molecule has 0 saturated heterocycles. The molecular formula is C15H24IN3. The van der Waals surface area contributed by atoms with Crippen LogP contribution in [0, 0.1) is 9.49 Å². The van der Waals surface area contributed by atoms with Crippen LogP contribution in [0.4, 0.5) is 5.82 Å². The van der Waals surface area contributed by atoms with Gasteiger partial charge in [0.25, 0.3) is 0 Å². The molecule has 0 radical (unpaired) electrons. The molecule has 0 unspecified atom stereocenters. The monoisotopic (exact) mass is 373 g/mol. The normalized spacial score (nSPS) is 23.7. The van der Waals surface area contributed by atoms with E-state index in [9.17, 15) is 0 Å². The summed E-state index contributed by atoms with van der Waals surface area (Å²) >= 11 is 2.36. The fraction of sp³-hybridized carbons (Fsp3) is 0.733. The van der Waals surface area contributed by atoms with Crippen LogP contribution in [0.2, 0.25) is 0 Å². The van der Waals surface area contributed by atoms with Gasteiger partial charge in [-0.25, -0.2) is 9.97 Å². The summed E-state index contributed by atoms with van der Waals surface area (Å²) in [4.78, 5) is 9.62. The summed E-state index contributed by atoms with van der Waals surface area (Å²) in [7, 11) is 1.95. The molecule has 1 aliphatic rings. The largest absolute Gasteiger partial charge is 0.372 e. The third-order valence-corrected chi connectivity index (χ3v) is 5.12. The van der Waals surface area contributed by atoms with E-state index in [4.69, 9.17) is 9.97 Å². The molecule has 1 fully saturated rings. The van der Waals surface area contributed by atoms with Crippen LogP contribution in [0.1, 0.15) is 69.8 Å². The standard InChI is InChI=1S/C15H24IN3/c1-9(2)13-12(16)15(17-4)19-14(18-13)11-7-5-10(3)6-8-11/h9-11H,5-8H2,1-4H3,(H,17,18,19). The number of anilines is 1. The third-order valence-electron chi connectivity index (χ3n) is 4.06. The maximum Gasteiger partial charge on any atom is 0.143 e. The second-order valence-electron chi connectivity index (χ2n) is 5.99. The number of hydrogen-bond acceptors (Lipinski definition) is 3. The quantitative estimate of drug-likeness (QED) is 0.791. The number of aromatic nitrogens is 2. The van der Waals surface area contributed by atoms with E-state index in [2.05, 4.69) is 48.7 Å². The molecule has 3 nitrogen and oxygen atoms in total. The van der Waals surface area contributed by atoms with Crippen molar-refractivity contribution < 1.29 is 0 Å². The van der Waals surface area contributed by atoms with E-state index < -0.39 is 0 Å². The molecule has 0 aliphatic heterocycles. The minimum Gasteiger partial charge on any atom is -0.372 e. The molecule has 19 heavy (non-hydrogen) atoms. The Balaban J connectivity index is 2.32. The Morgan fingerprint density at radius 2 is 1.79 bits per heavy atom. The Kier molecular flexibility index (Phi) is 5.03. The Bertz CT molecular complexity index is 437. The summed E-state index contributed by atoms with van der Waals surface area (Å²) in [5.74, 6) is 3.92. The van der Waals surface area contributed by atoms with Crippen molar-refractivity contribution in [3.05, 3.63) is 15.1 Å². The molecule has 2 rings (SSSR count). The maximum absolute atomic E-state index is 4.87. The second-order valence-corrected chi connectivity index (χ2v) is 7.07. The Morgan fingerprint density at radius 1 is 1.16 bits per heavy atom. The van der Waals surface area contributed by atoms with Gasteiger partial charge in [-0.3, -0.25) is 0 Å². The zero-order valence-electron chi connectivity index (χ0n) is 12.3. The van der Waals surface area contributed by atoms with Crippen LogP contribution in [0.25, 0.3) is 0 Å². The summed E-state index contributed by atoms with van der Waals surface area (Å²) in [6, 6.07) is 0. The molecule has 106 valence electrons. The summed E-state index contributed by atoms with van der Waals surface area (Å²) < 4.78 is 1.17. The van der Waals surface area contributed by atoms with Crippen LogP contribution in [0.3, 0.4) is 0 Å². The van der Waals surface area contributed by atoms with Crippen molar-refractivity contribution in [2.45, 2.75) is 58.3 Å². The molecule has 1 aliphatic carbocycles. The fourth-order valence-electron chi connectivity index (χ4n) is 2.73. The van der Waals surface area contributed by atoms with Gasteiger partial charge in [-0.2, -0.15) is 0 Å². The lowest BCUT2D eigenvalue weighted by molar-refractivity contribution is 0.339. The highest BCUT2D eigenvalue weighted by Crippen LogP contribution is 2.36. The van der Waals surface area contributed by atoms with Gasteiger partial charge in [0.2, 0.25) is 0 Å². The van der Waals surface area contributed by atoms with Gasteiger partial charge in [0.05, 0.1) is 9.26 Å². The first-order valence-corrected chi connectivity index (χ1v) is 8.35. The molecule has 0 bridgehead atoms. The van der Waals surface area contributed by atoms with Gasteiger partial charge < -0.3 is 5.32 Å². The molecule has 4 heteroatoms. The minimum atomic E-state index is 0.447. The fourth-order valence-corrected chi connectivity index (χ4v) is 3.87. The Hall–Kier alpha value is -0.390. The van der Waals surface area contributed by atoms with Crippen LogP contribution in [-0.2, 0) is 0 Å². The van der Waals surface area contributed by atoms with E-state index in [0.29, 0.717) is 11.8 Å². The van der Waals surface area contributed by atoms with E-state index >= 15 is 0 Å². The van der Waals surface area contributed by atoms with Crippen molar-refractivity contribution >= 4 is 28.4 Å². The SMILES string of the molecule is CNc1nc(C2CCC(C)CC2)nc(C(C)C)c1I. The topological polar surface area (TPSA) is 37.8 Å². The molecule has 0 atom stereocenters. The molecular weight excluding hydrogens is 349 g/mol. The van der Waals surface area contributed by atoms with Crippen molar-refractivity contribution in [3.8, 4) is 0 Å². The van der Waals surface area contributed by atoms with Crippen molar-refractivity contribution in [3.63, 3.8) is 0 Å². The summed E-state index contributed by atoms with van der Waals surface area (Å²) in [5, 5.41) is 3.22. The molecule has 0 spiro atoms. The summed E-state index contributed by atoms with van der Waals surface area (Å²) in [6.07, 6.45) is 5.10. The molecule has 1 aromatic rings. The van der Waals surface area contributed by atoms with Gasteiger partial charge in [-0.1, -0.05) is 33.6 Å². The molecule has 0 amide bonds. The Labute approximate surface area is 130 Å². The molecule has 0 aromatic carbocycles. The zero-order valence-corrected chi connectivity index (χ0v) is 14.5. The molecule has 1 N–H and O–H groups in total. The average molecular weight is 373 g/mol. The van der Waals surface area contributed by atoms with Gasteiger partial charge in [0, 0.05) is 13.0 Å². The summed E-state index contributed by atoms with van der Waals surface area (Å²) in [6.45, 7) is 6.76. The lowest BCUT2D eigenvalue weighted by Crippen LogP contribution is -2.16. The van der Waals surface area contributed by atoms with Gasteiger partial charge >= 0.3 is 0 Å². The smallest absolute Gasteiger partial charge is 0.143 e. The van der Waals surface area contributed by atoms with Gasteiger partial charge in [0.15, 0.2) is 0 Å². The van der Waals surface area contributed by atoms with E-state index in [-0.39, 0.29) is 0 Å². The predicted molar refractivity (Wildman–Crippen MR) is 88.8 cm³/mol. The van der Waals surface area contributed by atoms with Gasteiger partial charge in [-0.05, 0) is 47.3 Å². The third kappa shape index (κ3) is 3.38. The highest BCUT2D eigenvalue weighted by atomic mass is 127.